The van der Waals surface area contributed by atoms with E-state index < -0.39 is 0 Å². The Balaban J connectivity index is 1.42. The number of fused-ring (bicyclic) bond motifs is 1. The van der Waals surface area contributed by atoms with E-state index in [2.05, 4.69) is 19.1 Å². The van der Waals surface area contributed by atoms with Crippen LogP contribution >= 0.6 is 0 Å². The molecule has 3 heteroatoms. The molecule has 2 N–H and O–H groups in total. The van der Waals surface area contributed by atoms with Gasteiger partial charge in [0.1, 0.15) is 0 Å². The summed E-state index contributed by atoms with van der Waals surface area (Å²) in [7, 11) is 0. The molecule has 6 rings (SSSR count). The van der Waals surface area contributed by atoms with Crippen molar-refractivity contribution in [2.45, 2.75) is 51.5 Å². The van der Waals surface area contributed by atoms with Crippen molar-refractivity contribution in [3.05, 3.63) is 23.8 Å². The fourth-order valence-corrected chi connectivity index (χ4v) is 6.53. The van der Waals surface area contributed by atoms with Gasteiger partial charge in [-0.3, -0.25) is 0 Å². The summed E-state index contributed by atoms with van der Waals surface area (Å²) in [6, 6.07) is 6.35. The van der Waals surface area contributed by atoms with Crippen LogP contribution in [-0.2, 0) is 0 Å². The van der Waals surface area contributed by atoms with Gasteiger partial charge in [-0.05, 0) is 85.3 Å². The highest BCUT2D eigenvalue weighted by Gasteiger charge is 2.54. The Morgan fingerprint density at radius 2 is 1.61 bits per heavy atom. The predicted octanol–water partition coefficient (Wildman–Crippen LogP) is 4.27. The first kappa shape index (κ1) is 14.2. The smallest absolute Gasteiger partial charge is 0.231 e. The molecule has 1 aromatic carbocycles. The lowest BCUT2D eigenvalue weighted by molar-refractivity contribution is -0.0887. The summed E-state index contributed by atoms with van der Waals surface area (Å²) < 4.78 is 11.0. The standard InChI is InChI=1S/C20H27NO2/c1-12(19(21)16-2-3-17-18(7-16)23-11-22-17)20-8-13-4-14(9-20)6-15(5-13)10-20/h2-3,7,12-15,19H,4-6,8-11,21H2,1H3. The number of rotatable bonds is 3. The summed E-state index contributed by atoms with van der Waals surface area (Å²) in [4.78, 5) is 0. The third-order valence-corrected chi connectivity index (χ3v) is 7.37. The van der Waals surface area contributed by atoms with Crippen molar-refractivity contribution in [3.8, 4) is 11.5 Å². The van der Waals surface area contributed by atoms with Gasteiger partial charge in [-0.25, -0.2) is 0 Å². The lowest BCUT2D eigenvalue weighted by Gasteiger charge is -2.60. The van der Waals surface area contributed by atoms with E-state index in [1.807, 2.05) is 6.07 Å². The van der Waals surface area contributed by atoms with Gasteiger partial charge < -0.3 is 15.2 Å². The molecule has 4 aliphatic carbocycles. The molecule has 0 spiro atoms. The fourth-order valence-electron chi connectivity index (χ4n) is 6.53. The van der Waals surface area contributed by atoms with Crippen molar-refractivity contribution >= 4 is 0 Å². The van der Waals surface area contributed by atoms with Crippen molar-refractivity contribution in [2.24, 2.45) is 34.8 Å². The number of benzene rings is 1. The SMILES string of the molecule is CC(C(N)c1ccc2c(c1)OCO2)C12CC3CC(CC(C3)C1)C2. The first-order valence-electron chi connectivity index (χ1n) is 9.28. The van der Waals surface area contributed by atoms with Crippen LogP contribution in [-0.4, -0.2) is 6.79 Å². The lowest BCUT2D eigenvalue weighted by Crippen LogP contribution is -2.51. The molecule has 3 nitrogen and oxygen atoms in total. The Kier molecular flexibility index (Phi) is 3.01. The molecule has 0 amide bonds. The van der Waals surface area contributed by atoms with E-state index in [0.29, 0.717) is 18.1 Å². The molecule has 2 atom stereocenters. The van der Waals surface area contributed by atoms with Gasteiger partial charge in [0.05, 0.1) is 0 Å². The molecule has 4 fully saturated rings. The van der Waals surface area contributed by atoms with Crippen LogP contribution in [0.15, 0.2) is 18.2 Å². The number of ether oxygens (including phenoxy) is 2. The van der Waals surface area contributed by atoms with Crippen molar-refractivity contribution in [1.82, 2.24) is 0 Å². The Hall–Kier alpha value is -1.22. The van der Waals surface area contributed by atoms with E-state index in [4.69, 9.17) is 15.2 Å². The van der Waals surface area contributed by atoms with E-state index in [9.17, 15) is 0 Å². The van der Waals surface area contributed by atoms with Gasteiger partial charge in [-0.1, -0.05) is 13.0 Å². The molecule has 1 aliphatic heterocycles. The molecular formula is C20H27NO2. The lowest BCUT2D eigenvalue weighted by atomic mass is 9.46. The topological polar surface area (TPSA) is 44.5 Å². The van der Waals surface area contributed by atoms with Crippen LogP contribution in [0.5, 0.6) is 11.5 Å². The Bertz CT molecular complexity index is 591. The third kappa shape index (κ3) is 2.12. The van der Waals surface area contributed by atoms with E-state index in [0.717, 1.165) is 29.3 Å². The molecule has 4 saturated carbocycles. The van der Waals surface area contributed by atoms with Crippen LogP contribution in [0.4, 0.5) is 0 Å². The van der Waals surface area contributed by atoms with E-state index >= 15 is 0 Å². The second-order valence-electron chi connectivity index (χ2n) is 8.71. The molecule has 124 valence electrons. The molecule has 0 saturated heterocycles. The van der Waals surface area contributed by atoms with Gasteiger partial charge >= 0.3 is 0 Å². The van der Waals surface area contributed by atoms with Crippen molar-refractivity contribution in [1.29, 1.82) is 0 Å². The summed E-state index contributed by atoms with van der Waals surface area (Å²) in [6.07, 6.45) is 8.72. The summed E-state index contributed by atoms with van der Waals surface area (Å²) in [5.74, 6) is 5.18. The third-order valence-electron chi connectivity index (χ3n) is 7.37. The zero-order chi connectivity index (χ0) is 15.6. The van der Waals surface area contributed by atoms with Crippen LogP contribution < -0.4 is 15.2 Å². The Morgan fingerprint density at radius 1 is 1.00 bits per heavy atom. The van der Waals surface area contributed by atoms with Crippen LogP contribution in [0.1, 0.15) is 57.1 Å². The number of nitrogens with two attached hydrogens (primary N) is 1. The largest absolute Gasteiger partial charge is 0.454 e. The number of hydrogen-bond acceptors (Lipinski definition) is 3. The van der Waals surface area contributed by atoms with Gasteiger partial charge in [0.2, 0.25) is 6.79 Å². The fraction of sp³-hybridized carbons (Fsp3) is 0.700. The molecule has 5 aliphatic rings. The van der Waals surface area contributed by atoms with Gasteiger partial charge in [-0.15, -0.1) is 0 Å². The average molecular weight is 313 g/mol. The normalized spacial score (nSPS) is 39.5. The van der Waals surface area contributed by atoms with E-state index in [-0.39, 0.29) is 6.04 Å². The van der Waals surface area contributed by atoms with Crippen molar-refractivity contribution in [3.63, 3.8) is 0 Å². The second-order valence-corrected chi connectivity index (χ2v) is 8.71. The van der Waals surface area contributed by atoms with Crippen LogP contribution in [0.2, 0.25) is 0 Å². The predicted molar refractivity (Wildman–Crippen MR) is 89.3 cm³/mol. The minimum atomic E-state index is 0.0979. The minimum Gasteiger partial charge on any atom is -0.454 e. The second kappa shape index (κ2) is 4.89. The van der Waals surface area contributed by atoms with Crippen molar-refractivity contribution < 1.29 is 9.47 Å². The van der Waals surface area contributed by atoms with Gasteiger partial charge in [0.15, 0.2) is 11.5 Å². The maximum atomic E-state index is 6.76. The molecule has 0 radical (unpaired) electrons. The highest BCUT2D eigenvalue weighted by atomic mass is 16.7. The number of hydrogen-bond donors (Lipinski definition) is 1. The summed E-state index contributed by atoms with van der Waals surface area (Å²) in [6.45, 7) is 2.74. The van der Waals surface area contributed by atoms with Gasteiger partial charge in [0, 0.05) is 6.04 Å². The van der Waals surface area contributed by atoms with E-state index in [1.54, 1.807) is 0 Å². The van der Waals surface area contributed by atoms with Crippen LogP contribution in [0.25, 0.3) is 0 Å². The highest BCUT2D eigenvalue weighted by Crippen LogP contribution is 2.64. The molecule has 0 aromatic heterocycles. The molecule has 23 heavy (non-hydrogen) atoms. The highest BCUT2D eigenvalue weighted by molar-refractivity contribution is 5.45. The van der Waals surface area contributed by atoms with Crippen molar-refractivity contribution in [2.75, 3.05) is 6.79 Å². The summed E-state index contributed by atoms with van der Waals surface area (Å²) in [5, 5.41) is 0. The van der Waals surface area contributed by atoms with E-state index in [1.165, 1.54) is 44.1 Å². The van der Waals surface area contributed by atoms with Crippen LogP contribution in [0.3, 0.4) is 0 Å². The monoisotopic (exact) mass is 313 g/mol. The summed E-state index contributed by atoms with van der Waals surface area (Å²) in [5.41, 5.74) is 8.45. The van der Waals surface area contributed by atoms with Gasteiger partial charge in [-0.2, -0.15) is 0 Å². The quantitative estimate of drug-likeness (QED) is 0.906. The first-order valence-corrected chi connectivity index (χ1v) is 9.28. The molecule has 1 aromatic rings. The molecular weight excluding hydrogens is 286 g/mol. The average Bonchev–Trinajstić information content (AvgIpc) is 2.99. The minimum absolute atomic E-state index is 0.0979. The zero-order valence-corrected chi connectivity index (χ0v) is 14.0. The van der Waals surface area contributed by atoms with Crippen LogP contribution in [0, 0.1) is 29.1 Å². The zero-order valence-electron chi connectivity index (χ0n) is 14.0. The molecule has 1 heterocycles. The molecule has 2 unspecified atom stereocenters. The maximum Gasteiger partial charge on any atom is 0.231 e. The Labute approximate surface area is 138 Å². The summed E-state index contributed by atoms with van der Waals surface area (Å²) >= 11 is 0. The maximum absolute atomic E-state index is 6.76. The Morgan fingerprint density at radius 3 is 2.26 bits per heavy atom. The van der Waals surface area contributed by atoms with Gasteiger partial charge in [0.25, 0.3) is 0 Å². The molecule has 4 bridgehead atoms. The first-order chi connectivity index (χ1) is 11.1.